The molecule has 0 atom stereocenters. The van der Waals surface area contributed by atoms with Crippen molar-refractivity contribution in [2.75, 3.05) is 0 Å². The zero-order valence-corrected chi connectivity index (χ0v) is 32.7. The van der Waals surface area contributed by atoms with Crippen LogP contribution in [-0.4, -0.2) is 15.9 Å². The summed E-state index contributed by atoms with van der Waals surface area (Å²) >= 11 is 1.79. The second-order valence-electron chi connectivity index (χ2n) is 13.9. The molecule has 0 aliphatic rings. The van der Waals surface area contributed by atoms with Crippen LogP contribution in [0.3, 0.4) is 0 Å². The monoisotopic (exact) mass is 825 g/mol. The summed E-state index contributed by atoms with van der Waals surface area (Å²) in [5, 5.41) is 16.1. The van der Waals surface area contributed by atoms with Crippen LogP contribution in [0.25, 0.3) is 43.2 Å². The fourth-order valence-electron chi connectivity index (χ4n) is 5.62. The third-order valence-corrected chi connectivity index (χ3v) is 11.0. The topological polar surface area (TPSA) is 50.2 Å². The molecule has 2 heterocycles. The number of ketones is 1. The number of aliphatic hydroxyl groups excluding tert-OH is 1. The molecule has 47 heavy (non-hydrogen) atoms. The molecule has 1 N–H and O–H groups in total. The van der Waals surface area contributed by atoms with E-state index in [4.69, 9.17) is 4.98 Å². The third kappa shape index (κ3) is 8.49. The number of aromatic nitrogens is 1. The van der Waals surface area contributed by atoms with Crippen molar-refractivity contribution in [2.45, 2.75) is 93.4 Å². The van der Waals surface area contributed by atoms with Gasteiger partial charge in [0.1, 0.15) is 5.76 Å². The SMILES string of the molecule is CC(C)(C)c1cc(-c2cc(-c3csc4ccccc34)ccn2)[c-]c2ccccc12.CCC(C)(CC)C(=O)/C=C(\O)C(C)(CC)CC.[Ir]. The van der Waals surface area contributed by atoms with Crippen molar-refractivity contribution in [3.8, 4) is 22.4 Å². The van der Waals surface area contributed by atoms with Crippen LogP contribution >= 0.6 is 11.3 Å². The zero-order valence-electron chi connectivity index (χ0n) is 29.5. The van der Waals surface area contributed by atoms with Crippen LogP contribution in [0.1, 0.15) is 93.6 Å². The number of allylic oxidation sites excluding steroid dienone is 2. The number of rotatable bonds is 9. The molecule has 5 rings (SSSR count). The van der Waals surface area contributed by atoms with E-state index in [1.54, 1.807) is 11.3 Å². The molecule has 0 fully saturated rings. The van der Waals surface area contributed by atoms with E-state index in [0.29, 0.717) is 0 Å². The van der Waals surface area contributed by atoms with Crippen LogP contribution in [0.15, 0.2) is 90.1 Å². The average Bonchev–Trinajstić information content (AvgIpc) is 3.51. The number of carbonyl (C=O) groups excluding carboxylic acids is 1. The molecule has 5 aromatic rings. The van der Waals surface area contributed by atoms with E-state index in [9.17, 15) is 9.90 Å². The molecule has 0 unspecified atom stereocenters. The Bertz CT molecular complexity index is 1840. The minimum Gasteiger partial charge on any atom is -0.512 e. The second-order valence-corrected chi connectivity index (χ2v) is 14.8. The molecule has 3 nitrogen and oxygen atoms in total. The molecular formula is C42H50IrNO2S-. The Labute approximate surface area is 299 Å². The van der Waals surface area contributed by atoms with E-state index < -0.39 is 0 Å². The predicted octanol–water partition coefficient (Wildman–Crippen LogP) is 12.5. The Morgan fingerprint density at radius 3 is 2.04 bits per heavy atom. The maximum absolute atomic E-state index is 12.2. The molecule has 3 aromatic carbocycles. The van der Waals surface area contributed by atoms with Crippen molar-refractivity contribution in [1.29, 1.82) is 0 Å². The van der Waals surface area contributed by atoms with Gasteiger partial charge in [-0.25, -0.2) is 0 Å². The summed E-state index contributed by atoms with van der Waals surface area (Å²) in [6.45, 7) is 18.9. The molecule has 2 aromatic heterocycles. The van der Waals surface area contributed by atoms with E-state index in [2.05, 4.69) is 98.9 Å². The first-order valence-electron chi connectivity index (χ1n) is 16.6. The first-order valence-corrected chi connectivity index (χ1v) is 17.5. The van der Waals surface area contributed by atoms with Crippen LogP contribution in [0.5, 0.6) is 0 Å². The van der Waals surface area contributed by atoms with Crippen molar-refractivity contribution >= 4 is 38.0 Å². The van der Waals surface area contributed by atoms with Crippen LogP contribution in [-0.2, 0) is 30.3 Å². The first-order chi connectivity index (χ1) is 21.8. The summed E-state index contributed by atoms with van der Waals surface area (Å²) in [7, 11) is 0. The normalized spacial score (nSPS) is 12.4. The maximum Gasteiger partial charge on any atom is 0.164 e. The van der Waals surface area contributed by atoms with Crippen LogP contribution in [0, 0.1) is 16.9 Å². The van der Waals surface area contributed by atoms with Gasteiger partial charge >= 0.3 is 0 Å². The summed E-state index contributed by atoms with van der Waals surface area (Å²) in [4.78, 5) is 16.9. The fourth-order valence-corrected chi connectivity index (χ4v) is 6.59. The molecule has 0 saturated carbocycles. The summed E-state index contributed by atoms with van der Waals surface area (Å²) in [5.74, 6) is 0.286. The summed E-state index contributed by atoms with van der Waals surface area (Å²) < 4.78 is 1.31. The van der Waals surface area contributed by atoms with Crippen molar-refractivity contribution in [3.05, 3.63) is 102 Å². The van der Waals surface area contributed by atoms with E-state index in [1.807, 2.05) is 47.7 Å². The summed E-state index contributed by atoms with van der Waals surface area (Å²) in [5.41, 5.74) is 5.26. The largest absolute Gasteiger partial charge is 0.512 e. The van der Waals surface area contributed by atoms with E-state index >= 15 is 0 Å². The fraction of sp³-hybridized carbons (Fsp3) is 0.381. The van der Waals surface area contributed by atoms with Gasteiger partial charge in [-0.1, -0.05) is 116 Å². The van der Waals surface area contributed by atoms with Gasteiger partial charge < -0.3 is 5.11 Å². The van der Waals surface area contributed by atoms with E-state index in [1.165, 1.54) is 38.2 Å². The Hall–Kier alpha value is -3.11. The van der Waals surface area contributed by atoms with E-state index in [-0.39, 0.29) is 47.9 Å². The van der Waals surface area contributed by atoms with Gasteiger partial charge in [0.2, 0.25) is 0 Å². The minimum atomic E-state index is -0.337. The number of thiophene rings is 1. The maximum atomic E-state index is 12.2. The van der Waals surface area contributed by atoms with Gasteiger partial charge in [0, 0.05) is 59.0 Å². The van der Waals surface area contributed by atoms with Gasteiger partial charge in [0.15, 0.2) is 5.78 Å². The number of carbonyl (C=O) groups is 1. The van der Waals surface area contributed by atoms with Gasteiger partial charge in [0.05, 0.1) is 0 Å². The number of fused-ring (bicyclic) bond motifs is 2. The van der Waals surface area contributed by atoms with Crippen LogP contribution in [0.2, 0.25) is 0 Å². The minimum absolute atomic E-state index is 0. The summed E-state index contributed by atoms with van der Waals surface area (Å²) in [6, 6.07) is 27.3. The average molecular weight is 825 g/mol. The third-order valence-electron chi connectivity index (χ3n) is 10.0. The van der Waals surface area contributed by atoms with Crippen LogP contribution in [0.4, 0.5) is 0 Å². The molecule has 1 radical (unpaired) electrons. The molecule has 251 valence electrons. The smallest absolute Gasteiger partial charge is 0.164 e. The van der Waals surface area contributed by atoms with Crippen LogP contribution < -0.4 is 0 Å². The molecule has 0 amide bonds. The van der Waals surface area contributed by atoms with Gasteiger partial charge in [0.25, 0.3) is 0 Å². The molecule has 0 spiro atoms. The Morgan fingerprint density at radius 2 is 1.43 bits per heavy atom. The van der Waals surface area contributed by atoms with Gasteiger partial charge in [-0.15, -0.1) is 40.5 Å². The number of hydrogen-bond donors (Lipinski definition) is 1. The first kappa shape index (κ1) is 38.3. The number of benzene rings is 3. The van der Waals surface area contributed by atoms with Crippen molar-refractivity contribution in [2.24, 2.45) is 10.8 Å². The number of aliphatic hydroxyl groups is 1. The molecule has 0 aliphatic carbocycles. The van der Waals surface area contributed by atoms with Crippen molar-refractivity contribution in [3.63, 3.8) is 0 Å². The Morgan fingerprint density at radius 1 is 0.830 bits per heavy atom. The molecule has 5 heteroatoms. The quantitative estimate of drug-likeness (QED) is 0.0915. The van der Waals surface area contributed by atoms with Crippen molar-refractivity contribution in [1.82, 2.24) is 4.98 Å². The predicted molar refractivity (Wildman–Crippen MR) is 199 cm³/mol. The number of nitrogens with zero attached hydrogens (tertiary/aromatic N) is 1. The Kier molecular flexibility index (Phi) is 12.9. The van der Waals surface area contributed by atoms with Gasteiger partial charge in [-0.05, 0) is 59.7 Å². The molecular weight excluding hydrogens is 775 g/mol. The Balaban J connectivity index is 0.000000290. The number of pyridine rings is 1. The van der Waals surface area contributed by atoms with Gasteiger partial charge in [-0.2, -0.15) is 0 Å². The molecule has 0 bridgehead atoms. The second kappa shape index (κ2) is 15.9. The zero-order chi connectivity index (χ0) is 33.7. The van der Waals surface area contributed by atoms with E-state index in [0.717, 1.165) is 42.3 Å². The standard InChI is InChI=1S/C27H22NS.C15H28O2.Ir/c1-27(2,3)24-15-20(14-18-8-4-5-9-21(18)24)25-16-19(12-13-28-25)23-17-29-26-11-7-6-10-22(23)26;1-7-14(5,8-2)12(16)11-13(17)15(6,9-3)10-4;/h4-13,15-17H,1-3H3;11,16H,7-10H2,1-6H3;/q-1;;/b;12-11-;. The molecule has 0 saturated heterocycles. The summed E-state index contributed by atoms with van der Waals surface area (Å²) in [6.07, 6.45) is 6.67. The number of hydrogen-bond acceptors (Lipinski definition) is 4. The molecule has 0 aliphatic heterocycles. The van der Waals surface area contributed by atoms with Crippen molar-refractivity contribution < 1.29 is 30.0 Å². The van der Waals surface area contributed by atoms with Gasteiger partial charge in [-0.3, -0.25) is 9.78 Å².